The number of carbonyl (C=O) groups is 3. The Bertz CT molecular complexity index is 1310. The third-order valence-corrected chi connectivity index (χ3v) is 14.0. The van der Waals surface area contributed by atoms with E-state index in [2.05, 4.69) is 81.5 Å². The van der Waals surface area contributed by atoms with Gasteiger partial charge in [0.25, 0.3) is 0 Å². The molecule has 0 aromatic heterocycles. The lowest BCUT2D eigenvalue weighted by molar-refractivity contribution is -0.167. The van der Waals surface area contributed by atoms with Crippen molar-refractivity contribution in [2.24, 2.45) is 0 Å². The van der Waals surface area contributed by atoms with E-state index in [1.54, 1.807) is 0 Å². The van der Waals surface area contributed by atoms with Crippen LogP contribution in [0.4, 0.5) is 0 Å². The lowest BCUT2D eigenvalue weighted by Gasteiger charge is -2.18. The molecule has 0 aliphatic rings. The molecule has 0 bridgehead atoms. The molecule has 73 heavy (non-hydrogen) atoms. The zero-order valence-electron chi connectivity index (χ0n) is 48.7. The normalized spacial score (nSPS) is 12.4. The average Bonchev–Trinajstić information content (AvgIpc) is 3.39. The van der Waals surface area contributed by atoms with Crippen LogP contribution in [0.15, 0.2) is 60.8 Å². The standard InChI is InChI=1S/C67H120O6/c1-4-7-10-13-16-19-21-23-25-26-27-28-29-30-31-32-33-34-35-36-37-38-39-40-41-42-43-45-46-48-51-54-57-60-66(69)72-63-64(62-71-65(68)59-56-53-50-18-15-12-9-6-3)73-67(70)61-58-55-52-49-47-44-24-22-20-17-14-11-8-5-2/h14,17,21-24,26-27,29-30,64H,4-13,15-16,18-20,25,28,31-63H2,1-3H3/b17-14-,23-21-,24-22-,27-26-,30-29-. The topological polar surface area (TPSA) is 78.9 Å². The van der Waals surface area contributed by atoms with E-state index in [0.717, 1.165) is 96.3 Å². The molecule has 6 nitrogen and oxygen atoms in total. The van der Waals surface area contributed by atoms with Crippen LogP contribution in [-0.4, -0.2) is 37.2 Å². The minimum absolute atomic E-state index is 0.0762. The highest BCUT2D eigenvalue weighted by atomic mass is 16.6. The molecule has 424 valence electrons. The fourth-order valence-electron chi connectivity index (χ4n) is 9.17. The summed E-state index contributed by atoms with van der Waals surface area (Å²) in [5.74, 6) is -0.881. The highest BCUT2D eigenvalue weighted by molar-refractivity contribution is 5.71. The first-order chi connectivity index (χ1) is 36.0. The fourth-order valence-corrected chi connectivity index (χ4v) is 9.17. The van der Waals surface area contributed by atoms with Crippen LogP contribution in [0.25, 0.3) is 0 Å². The number of carbonyl (C=O) groups excluding carboxylic acids is 3. The number of hydrogen-bond acceptors (Lipinski definition) is 6. The Morgan fingerprint density at radius 3 is 0.808 bits per heavy atom. The monoisotopic (exact) mass is 1020 g/mol. The van der Waals surface area contributed by atoms with Crippen LogP contribution >= 0.6 is 0 Å². The van der Waals surface area contributed by atoms with Crippen LogP contribution in [0, 0.1) is 0 Å². The fraction of sp³-hybridized carbons (Fsp3) is 0.806. The van der Waals surface area contributed by atoms with E-state index in [1.165, 1.54) is 193 Å². The Kier molecular flexibility index (Phi) is 59.2. The van der Waals surface area contributed by atoms with Gasteiger partial charge in [-0.1, -0.05) is 287 Å². The van der Waals surface area contributed by atoms with Gasteiger partial charge in [-0.2, -0.15) is 0 Å². The first kappa shape index (κ1) is 70.1. The van der Waals surface area contributed by atoms with Crippen molar-refractivity contribution < 1.29 is 28.6 Å². The minimum Gasteiger partial charge on any atom is -0.462 e. The highest BCUT2D eigenvalue weighted by Gasteiger charge is 2.19. The van der Waals surface area contributed by atoms with E-state index in [0.29, 0.717) is 19.3 Å². The molecule has 6 heteroatoms. The zero-order chi connectivity index (χ0) is 52.9. The SMILES string of the molecule is CCCC/C=C\C/C=C\CCCCCCCC(=O)OC(COC(=O)CCCCCCCCCC)COC(=O)CCCCCCCCCCCCCCCCCCCC/C=C\C/C=C\C/C=C\CCCCCCC. The third-order valence-electron chi connectivity index (χ3n) is 14.0. The third kappa shape index (κ3) is 59.9. The van der Waals surface area contributed by atoms with Gasteiger partial charge in [-0.3, -0.25) is 14.4 Å². The van der Waals surface area contributed by atoms with E-state index >= 15 is 0 Å². The molecule has 0 aromatic carbocycles. The maximum absolute atomic E-state index is 12.8. The highest BCUT2D eigenvalue weighted by Crippen LogP contribution is 2.17. The maximum Gasteiger partial charge on any atom is 0.306 e. The summed E-state index contributed by atoms with van der Waals surface area (Å²) in [4.78, 5) is 38.0. The van der Waals surface area contributed by atoms with Crippen LogP contribution in [-0.2, 0) is 28.6 Å². The van der Waals surface area contributed by atoms with E-state index < -0.39 is 6.10 Å². The molecular formula is C67H120O6. The van der Waals surface area contributed by atoms with Crippen molar-refractivity contribution in [3.63, 3.8) is 0 Å². The summed E-state index contributed by atoms with van der Waals surface area (Å²) in [6, 6.07) is 0. The second-order valence-corrected chi connectivity index (χ2v) is 21.3. The molecule has 1 unspecified atom stereocenters. The molecule has 0 amide bonds. The van der Waals surface area contributed by atoms with Gasteiger partial charge in [0.2, 0.25) is 0 Å². The second kappa shape index (κ2) is 61.7. The Hall–Kier alpha value is -2.89. The number of esters is 3. The van der Waals surface area contributed by atoms with E-state index in [1.807, 2.05) is 0 Å². The van der Waals surface area contributed by atoms with E-state index in [9.17, 15) is 14.4 Å². The van der Waals surface area contributed by atoms with E-state index in [-0.39, 0.29) is 31.1 Å². The van der Waals surface area contributed by atoms with Crippen LogP contribution in [0.1, 0.15) is 329 Å². The zero-order valence-corrected chi connectivity index (χ0v) is 48.7. The van der Waals surface area contributed by atoms with Crippen LogP contribution in [0.5, 0.6) is 0 Å². The maximum atomic E-state index is 12.8. The summed E-state index contributed by atoms with van der Waals surface area (Å²) in [6.45, 7) is 6.57. The molecule has 0 aliphatic carbocycles. The molecule has 0 spiro atoms. The average molecular weight is 1020 g/mol. The van der Waals surface area contributed by atoms with Crippen LogP contribution in [0.3, 0.4) is 0 Å². The number of hydrogen-bond donors (Lipinski definition) is 0. The molecule has 1 atom stereocenters. The number of rotatable bonds is 58. The Morgan fingerprint density at radius 1 is 0.274 bits per heavy atom. The predicted molar refractivity (Wildman–Crippen MR) is 316 cm³/mol. The van der Waals surface area contributed by atoms with E-state index in [4.69, 9.17) is 14.2 Å². The molecule has 0 heterocycles. The van der Waals surface area contributed by atoms with Crippen molar-refractivity contribution in [3.8, 4) is 0 Å². The summed E-state index contributed by atoms with van der Waals surface area (Å²) < 4.78 is 16.8. The van der Waals surface area contributed by atoms with Gasteiger partial charge < -0.3 is 14.2 Å². The Labute approximate surface area is 453 Å². The molecule has 0 saturated heterocycles. The second-order valence-electron chi connectivity index (χ2n) is 21.3. The van der Waals surface area contributed by atoms with Gasteiger partial charge in [0.15, 0.2) is 6.10 Å². The van der Waals surface area contributed by atoms with Crippen molar-refractivity contribution in [2.75, 3.05) is 13.2 Å². The van der Waals surface area contributed by atoms with Crippen molar-refractivity contribution in [2.45, 2.75) is 335 Å². The lowest BCUT2D eigenvalue weighted by Crippen LogP contribution is -2.30. The lowest BCUT2D eigenvalue weighted by atomic mass is 10.0. The minimum atomic E-state index is -0.777. The van der Waals surface area contributed by atoms with Crippen molar-refractivity contribution in [1.82, 2.24) is 0 Å². The molecule has 0 aliphatic heterocycles. The Morgan fingerprint density at radius 2 is 0.507 bits per heavy atom. The molecule has 0 N–H and O–H groups in total. The molecule has 0 saturated carbocycles. The molecular weight excluding hydrogens is 901 g/mol. The number of allylic oxidation sites excluding steroid dienone is 10. The predicted octanol–water partition coefficient (Wildman–Crippen LogP) is 21.6. The molecule has 0 aromatic rings. The largest absolute Gasteiger partial charge is 0.462 e. The van der Waals surface area contributed by atoms with Crippen molar-refractivity contribution in [1.29, 1.82) is 0 Å². The van der Waals surface area contributed by atoms with Crippen LogP contribution in [0.2, 0.25) is 0 Å². The smallest absolute Gasteiger partial charge is 0.306 e. The van der Waals surface area contributed by atoms with Gasteiger partial charge in [0.05, 0.1) is 0 Å². The summed E-state index contributed by atoms with van der Waals surface area (Å²) >= 11 is 0. The van der Waals surface area contributed by atoms with Gasteiger partial charge in [-0.15, -0.1) is 0 Å². The van der Waals surface area contributed by atoms with Crippen molar-refractivity contribution in [3.05, 3.63) is 60.8 Å². The summed E-state index contributed by atoms with van der Waals surface area (Å²) in [7, 11) is 0. The van der Waals surface area contributed by atoms with Crippen LogP contribution < -0.4 is 0 Å². The first-order valence-corrected chi connectivity index (χ1v) is 31.8. The quantitative estimate of drug-likeness (QED) is 0.0261. The van der Waals surface area contributed by atoms with Gasteiger partial charge in [0, 0.05) is 19.3 Å². The van der Waals surface area contributed by atoms with Gasteiger partial charge in [-0.25, -0.2) is 0 Å². The van der Waals surface area contributed by atoms with Gasteiger partial charge in [0.1, 0.15) is 13.2 Å². The number of ether oxygens (including phenoxy) is 3. The summed E-state index contributed by atoms with van der Waals surface area (Å²) in [5, 5.41) is 0. The summed E-state index contributed by atoms with van der Waals surface area (Å²) in [5.41, 5.74) is 0. The van der Waals surface area contributed by atoms with Gasteiger partial charge >= 0.3 is 17.9 Å². The summed E-state index contributed by atoms with van der Waals surface area (Å²) in [6.07, 6.45) is 78.3. The molecule has 0 fully saturated rings. The molecule has 0 radical (unpaired) electrons. The van der Waals surface area contributed by atoms with Gasteiger partial charge in [-0.05, 0) is 83.5 Å². The Balaban J connectivity index is 4.01. The number of unbranched alkanes of at least 4 members (excludes halogenated alkanes) is 37. The first-order valence-electron chi connectivity index (χ1n) is 31.8. The molecule has 0 rings (SSSR count). The van der Waals surface area contributed by atoms with Crippen molar-refractivity contribution >= 4 is 17.9 Å².